The Morgan fingerprint density at radius 2 is 1.92 bits per heavy atom. The van der Waals surface area contributed by atoms with Gasteiger partial charge in [0.1, 0.15) is 11.5 Å². The number of morpholine rings is 1. The van der Waals surface area contributed by atoms with Gasteiger partial charge in [0, 0.05) is 36.3 Å². The Labute approximate surface area is 145 Å². The number of carbonyl (C=O) groups excluding carboxylic acids is 1. The lowest BCUT2D eigenvalue weighted by Gasteiger charge is -2.26. The summed E-state index contributed by atoms with van der Waals surface area (Å²) in [7, 11) is 0. The summed E-state index contributed by atoms with van der Waals surface area (Å²) in [6.45, 7) is 4.33. The van der Waals surface area contributed by atoms with E-state index in [1.54, 1.807) is 0 Å². The van der Waals surface area contributed by atoms with Crippen molar-refractivity contribution < 1.29 is 18.8 Å². The van der Waals surface area contributed by atoms with Crippen LogP contribution < -0.4 is 5.32 Å². The smallest absolute Gasteiger partial charge is 0.254 e. The number of amides is 1. The Bertz CT molecular complexity index is 735. The zero-order valence-corrected chi connectivity index (χ0v) is 14.0. The minimum Gasteiger partial charge on any atom is -0.379 e. The Balaban J connectivity index is 1.37. The van der Waals surface area contributed by atoms with E-state index < -0.39 is 0 Å². The second kappa shape index (κ2) is 7.25. The number of rotatable bonds is 4. The molecule has 7 nitrogen and oxygen atoms in total. The average molecular weight is 343 g/mol. The maximum atomic E-state index is 12.4. The van der Waals surface area contributed by atoms with Crippen molar-refractivity contribution in [3.8, 4) is 0 Å². The molecule has 3 heterocycles. The third-order valence-electron chi connectivity index (χ3n) is 4.56. The lowest BCUT2D eigenvalue weighted by atomic mass is 10.1. The van der Waals surface area contributed by atoms with Gasteiger partial charge in [-0.25, -0.2) is 0 Å². The van der Waals surface area contributed by atoms with Gasteiger partial charge in [0.15, 0.2) is 0 Å². The number of aromatic nitrogens is 1. The predicted octanol–water partition coefficient (Wildman–Crippen LogP) is 1.83. The quantitative estimate of drug-likeness (QED) is 0.913. The molecule has 25 heavy (non-hydrogen) atoms. The maximum Gasteiger partial charge on any atom is 0.254 e. The Kier molecular flexibility index (Phi) is 4.67. The minimum atomic E-state index is 0.0533. The van der Waals surface area contributed by atoms with Crippen molar-refractivity contribution in [3.05, 3.63) is 46.8 Å². The van der Waals surface area contributed by atoms with Crippen molar-refractivity contribution in [2.75, 3.05) is 38.2 Å². The molecule has 0 radical (unpaired) electrons. The van der Waals surface area contributed by atoms with Crippen molar-refractivity contribution in [2.24, 2.45) is 0 Å². The van der Waals surface area contributed by atoms with Gasteiger partial charge in [0.25, 0.3) is 5.91 Å². The van der Waals surface area contributed by atoms with Crippen LogP contribution in [0.25, 0.3) is 0 Å². The van der Waals surface area contributed by atoms with E-state index in [2.05, 4.69) is 10.5 Å². The number of hydrogen-bond acceptors (Lipinski definition) is 6. The fourth-order valence-corrected chi connectivity index (χ4v) is 3.09. The van der Waals surface area contributed by atoms with E-state index >= 15 is 0 Å². The predicted molar refractivity (Wildman–Crippen MR) is 90.4 cm³/mol. The summed E-state index contributed by atoms with van der Waals surface area (Å²) in [6, 6.07) is 7.52. The fourth-order valence-electron chi connectivity index (χ4n) is 3.09. The van der Waals surface area contributed by atoms with Crippen molar-refractivity contribution >= 4 is 11.6 Å². The highest BCUT2D eigenvalue weighted by molar-refractivity contribution is 5.94. The highest BCUT2D eigenvalue weighted by atomic mass is 16.5. The zero-order valence-electron chi connectivity index (χ0n) is 14.0. The lowest BCUT2D eigenvalue weighted by Crippen LogP contribution is -2.40. The Morgan fingerprint density at radius 3 is 2.72 bits per heavy atom. The van der Waals surface area contributed by atoms with Crippen molar-refractivity contribution in [1.29, 1.82) is 0 Å². The van der Waals surface area contributed by atoms with E-state index in [1.165, 1.54) is 0 Å². The van der Waals surface area contributed by atoms with E-state index in [0.29, 0.717) is 51.6 Å². The first-order valence-electron chi connectivity index (χ1n) is 8.56. The minimum absolute atomic E-state index is 0.0533. The van der Waals surface area contributed by atoms with Crippen LogP contribution in [0.15, 0.2) is 28.8 Å². The Hall–Kier alpha value is -2.38. The summed E-state index contributed by atoms with van der Waals surface area (Å²) in [4.78, 5) is 14.3. The van der Waals surface area contributed by atoms with Gasteiger partial charge in [-0.15, -0.1) is 0 Å². The van der Waals surface area contributed by atoms with Gasteiger partial charge in [-0.3, -0.25) is 4.79 Å². The summed E-state index contributed by atoms with van der Waals surface area (Å²) < 4.78 is 16.1. The lowest BCUT2D eigenvalue weighted by molar-refractivity contribution is 0.0303. The van der Waals surface area contributed by atoms with E-state index in [9.17, 15) is 4.79 Å². The van der Waals surface area contributed by atoms with Crippen molar-refractivity contribution in [3.63, 3.8) is 0 Å². The highest BCUT2D eigenvalue weighted by Crippen LogP contribution is 2.21. The molecule has 0 unspecified atom stereocenters. The number of benzene rings is 1. The van der Waals surface area contributed by atoms with Crippen LogP contribution in [0.2, 0.25) is 0 Å². The molecular formula is C18H21N3O4. The molecule has 1 fully saturated rings. The first-order valence-corrected chi connectivity index (χ1v) is 8.56. The van der Waals surface area contributed by atoms with Gasteiger partial charge in [0.05, 0.1) is 33.0 Å². The number of hydrogen-bond donors (Lipinski definition) is 1. The molecule has 0 saturated carbocycles. The average Bonchev–Trinajstić information content (AvgIpc) is 3.10. The molecular weight excluding hydrogens is 322 g/mol. The van der Waals surface area contributed by atoms with E-state index in [4.69, 9.17) is 14.0 Å². The summed E-state index contributed by atoms with van der Waals surface area (Å²) in [6.07, 6.45) is 0.778. The van der Waals surface area contributed by atoms with Crippen molar-refractivity contribution in [1.82, 2.24) is 10.1 Å². The molecule has 1 saturated heterocycles. The van der Waals surface area contributed by atoms with Crippen LogP contribution in [-0.4, -0.2) is 48.9 Å². The highest BCUT2D eigenvalue weighted by Gasteiger charge is 2.20. The molecule has 0 spiro atoms. The molecule has 1 aromatic carbocycles. The van der Waals surface area contributed by atoms with Gasteiger partial charge >= 0.3 is 0 Å². The largest absolute Gasteiger partial charge is 0.379 e. The summed E-state index contributed by atoms with van der Waals surface area (Å²) in [5, 5.41) is 7.45. The summed E-state index contributed by atoms with van der Waals surface area (Å²) in [5.41, 5.74) is 3.56. The monoisotopic (exact) mass is 343 g/mol. The summed E-state index contributed by atoms with van der Waals surface area (Å²) in [5.74, 6) is 0.979. The molecule has 2 aliphatic heterocycles. The molecule has 2 aromatic rings. The fraction of sp³-hybridized carbons (Fsp3) is 0.444. The van der Waals surface area contributed by atoms with E-state index in [1.807, 2.05) is 29.2 Å². The standard InChI is InChI=1S/C18H21N3O4/c22-18(21-6-9-23-10-7-21)13-1-3-14(4-2-13)19-11-16-15-12-24-8-5-17(15)25-20-16/h1-4,19H,5-12H2. The molecule has 7 heteroatoms. The van der Waals surface area contributed by atoms with Crippen LogP contribution in [0.5, 0.6) is 0 Å². The third-order valence-corrected chi connectivity index (χ3v) is 4.56. The molecule has 1 aromatic heterocycles. The van der Waals surface area contributed by atoms with Crippen LogP contribution in [0.3, 0.4) is 0 Å². The van der Waals surface area contributed by atoms with Gasteiger partial charge in [-0.1, -0.05) is 5.16 Å². The first-order chi connectivity index (χ1) is 12.3. The molecule has 0 aliphatic carbocycles. The zero-order chi connectivity index (χ0) is 17.1. The molecule has 2 aliphatic rings. The van der Waals surface area contributed by atoms with Crippen molar-refractivity contribution in [2.45, 2.75) is 19.6 Å². The summed E-state index contributed by atoms with van der Waals surface area (Å²) >= 11 is 0. The van der Waals surface area contributed by atoms with Crippen LogP contribution in [0.4, 0.5) is 5.69 Å². The van der Waals surface area contributed by atoms with Gasteiger partial charge < -0.3 is 24.2 Å². The van der Waals surface area contributed by atoms with Gasteiger partial charge in [-0.2, -0.15) is 0 Å². The maximum absolute atomic E-state index is 12.4. The van der Waals surface area contributed by atoms with Crippen LogP contribution in [0, 0.1) is 0 Å². The number of anilines is 1. The SMILES string of the molecule is O=C(c1ccc(NCc2noc3c2COCC3)cc1)N1CCOCC1. The number of nitrogens with zero attached hydrogens (tertiary/aromatic N) is 2. The molecule has 0 atom stereocenters. The number of ether oxygens (including phenoxy) is 2. The van der Waals surface area contributed by atoms with E-state index in [-0.39, 0.29) is 5.91 Å². The molecule has 0 bridgehead atoms. The van der Waals surface area contributed by atoms with Crippen LogP contribution in [0.1, 0.15) is 27.4 Å². The van der Waals surface area contributed by atoms with Crippen LogP contribution in [-0.2, 0) is 29.0 Å². The first kappa shape index (κ1) is 16.1. The van der Waals surface area contributed by atoms with E-state index in [0.717, 1.165) is 29.1 Å². The second-order valence-electron chi connectivity index (χ2n) is 6.17. The normalized spacial score (nSPS) is 17.2. The third kappa shape index (κ3) is 3.52. The molecule has 1 N–H and O–H groups in total. The van der Waals surface area contributed by atoms with Gasteiger partial charge in [0.2, 0.25) is 0 Å². The van der Waals surface area contributed by atoms with Crippen LogP contribution >= 0.6 is 0 Å². The number of nitrogens with one attached hydrogen (secondary N) is 1. The number of carbonyl (C=O) groups is 1. The topological polar surface area (TPSA) is 76.8 Å². The number of fused-ring (bicyclic) bond motifs is 1. The second-order valence-corrected chi connectivity index (χ2v) is 6.17. The van der Waals surface area contributed by atoms with Gasteiger partial charge in [-0.05, 0) is 24.3 Å². The molecule has 1 amide bonds. The molecule has 132 valence electrons. The molecule has 4 rings (SSSR count). The Morgan fingerprint density at radius 1 is 1.12 bits per heavy atom.